The molecule has 6 heteroatoms. The summed E-state index contributed by atoms with van der Waals surface area (Å²) in [6.07, 6.45) is 2.42. The van der Waals surface area contributed by atoms with Crippen molar-refractivity contribution in [2.45, 2.75) is 19.4 Å². The van der Waals surface area contributed by atoms with Gasteiger partial charge in [-0.15, -0.1) is 0 Å². The molecule has 5 nitrogen and oxygen atoms in total. The first-order valence-electron chi connectivity index (χ1n) is 8.24. The predicted octanol–water partition coefficient (Wildman–Crippen LogP) is 4.25. The second kappa shape index (κ2) is 8.54. The van der Waals surface area contributed by atoms with Gasteiger partial charge < -0.3 is 14.5 Å². The molecule has 1 amide bonds. The third-order valence-corrected chi connectivity index (χ3v) is 4.15. The standard InChI is InChI=1S/C20H19ClN2O3/c1-25-17-8-2-14(3-9-17)12-22-19(24)10-11-20-23-13-18(26-20)15-4-6-16(21)7-5-15/h2-9,13H,10-12H2,1H3,(H,22,24). The van der Waals surface area contributed by atoms with Gasteiger partial charge in [0.25, 0.3) is 0 Å². The van der Waals surface area contributed by atoms with Gasteiger partial charge in [0.15, 0.2) is 11.7 Å². The number of rotatable bonds is 7. The largest absolute Gasteiger partial charge is 0.497 e. The Hall–Kier alpha value is -2.79. The van der Waals surface area contributed by atoms with E-state index in [2.05, 4.69) is 10.3 Å². The molecule has 3 rings (SSSR count). The highest BCUT2D eigenvalue weighted by Crippen LogP contribution is 2.22. The molecule has 0 aliphatic carbocycles. The van der Waals surface area contributed by atoms with E-state index in [0.717, 1.165) is 16.9 Å². The van der Waals surface area contributed by atoms with Gasteiger partial charge in [0.1, 0.15) is 5.75 Å². The van der Waals surface area contributed by atoms with Crippen LogP contribution in [0.5, 0.6) is 5.75 Å². The molecule has 1 N–H and O–H groups in total. The van der Waals surface area contributed by atoms with Crippen LogP contribution < -0.4 is 10.1 Å². The minimum Gasteiger partial charge on any atom is -0.497 e. The number of nitrogens with one attached hydrogen (secondary N) is 1. The number of carbonyl (C=O) groups is 1. The molecule has 2 aromatic carbocycles. The summed E-state index contributed by atoms with van der Waals surface area (Å²) >= 11 is 5.88. The summed E-state index contributed by atoms with van der Waals surface area (Å²) in [6, 6.07) is 14.9. The fourth-order valence-electron chi connectivity index (χ4n) is 2.43. The third-order valence-electron chi connectivity index (χ3n) is 3.90. The summed E-state index contributed by atoms with van der Waals surface area (Å²) in [5, 5.41) is 3.56. The van der Waals surface area contributed by atoms with E-state index in [1.54, 1.807) is 25.4 Å². The van der Waals surface area contributed by atoms with Crippen molar-refractivity contribution in [3.05, 3.63) is 71.2 Å². The zero-order valence-corrected chi connectivity index (χ0v) is 15.1. The molecule has 0 fully saturated rings. The number of carbonyl (C=O) groups excluding carboxylic acids is 1. The molecule has 0 atom stereocenters. The van der Waals surface area contributed by atoms with E-state index in [9.17, 15) is 4.79 Å². The zero-order chi connectivity index (χ0) is 18.4. The van der Waals surface area contributed by atoms with E-state index >= 15 is 0 Å². The molecular formula is C20H19ClN2O3. The molecule has 3 aromatic rings. The van der Waals surface area contributed by atoms with Crippen molar-refractivity contribution in [2.75, 3.05) is 7.11 Å². The Kier molecular flexibility index (Phi) is 5.92. The first-order valence-corrected chi connectivity index (χ1v) is 8.62. The van der Waals surface area contributed by atoms with Crippen LogP contribution in [-0.2, 0) is 17.8 Å². The van der Waals surface area contributed by atoms with Gasteiger partial charge in [-0.3, -0.25) is 4.79 Å². The topological polar surface area (TPSA) is 64.4 Å². The fraction of sp³-hybridized carbons (Fsp3) is 0.200. The number of oxazole rings is 1. The molecule has 134 valence electrons. The number of nitrogens with zero attached hydrogens (tertiary/aromatic N) is 1. The molecule has 0 saturated carbocycles. The van der Waals surface area contributed by atoms with Crippen LogP contribution in [0.4, 0.5) is 0 Å². The summed E-state index contributed by atoms with van der Waals surface area (Å²) in [7, 11) is 1.62. The number of amides is 1. The van der Waals surface area contributed by atoms with Gasteiger partial charge >= 0.3 is 0 Å². The Morgan fingerprint density at radius 1 is 1.15 bits per heavy atom. The Bertz CT molecular complexity index is 858. The fourth-order valence-corrected chi connectivity index (χ4v) is 2.55. The van der Waals surface area contributed by atoms with E-state index < -0.39 is 0 Å². The average Bonchev–Trinajstić information content (AvgIpc) is 3.14. The molecule has 1 aromatic heterocycles. The molecule has 0 saturated heterocycles. The molecule has 0 radical (unpaired) electrons. The first kappa shape index (κ1) is 18.0. The Morgan fingerprint density at radius 3 is 2.58 bits per heavy atom. The second-order valence-electron chi connectivity index (χ2n) is 5.75. The Balaban J connectivity index is 1.47. The molecule has 0 unspecified atom stereocenters. The summed E-state index contributed by atoms with van der Waals surface area (Å²) in [6.45, 7) is 0.477. The number of benzene rings is 2. The number of aromatic nitrogens is 1. The summed E-state index contributed by atoms with van der Waals surface area (Å²) in [5.74, 6) is 1.94. The lowest BCUT2D eigenvalue weighted by molar-refractivity contribution is -0.121. The van der Waals surface area contributed by atoms with Crippen LogP contribution in [-0.4, -0.2) is 18.0 Å². The van der Waals surface area contributed by atoms with Gasteiger partial charge in [-0.2, -0.15) is 0 Å². The third kappa shape index (κ3) is 4.86. The quantitative estimate of drug-likeness (QED) is 0.675. The van der Waals surface area contributed by atoms with Gasteiger partial charge in [-0.1, -0.05) is 23.7 Å². The maximum Gasteiger partial charge on any atom is 0.220 e. The number of hydrogen-bond acceptors (Lipinski definition) is 4. The lowest BCUT2D eigenvalue weighted by Crippen LogP contribution is -2.23. The minimum absolute atomic E-state index is 0.0490. The minimum atomic E-state index is -0.0490. The highest BCUT2D eigenvalue weighted by Gasteiger charge is 2.09. The van der Waals surface area contributed by atoms with Gasteiger partial charge in [0.05, 0.1) is 13.3 Å². The highest BCUT2D eigenvalue weighted by atomic mass is 35.5. The highest BCUT2D eigenvalue weighted by molar-refractivity contribution is 6.30. The van der Waals surface area contributed by atoms with E-state index in [4.69, 9.17) is 20.8 Å². The van der Waals surface area contributed by atoms with Gasteiger partial charge in [0, 0.05) is 30.0 Å². The average molecular weight is 371 g/mol. The summed E-state index contributed by atoms with van der Waals surface area (Å²) in [5.41, 5.74) is 1.91. The maximum atomic E-state index is 12.0. The molecule has 26 heavy (non-hydrogen) atoms. The molecule has 0 aliphatic heterocycles. The van der Waals surface area contributed by atoms with Crippen molar-refractivity contribution in [1.82, 2.24) is 10.3 Å². The van der Waals surface area contributed by atoms with Gasteiger partial charge in [0.2, 0.25) is 5.91 Å². The second-order valence-corrected chi connectivity index (χ2v) is 6.19. The van der Waals surface area contributed by atoms with Crippen molar-refractivity contribution in [1.29, 1.82) is 0 Å². The number of hydrogen-bond donors (Lipinski definition) is 1. The first-order chi connectivity index (χ1) is 12.6. The van der Waals surface area contributed by atoms with Gasteiger partial charge in [-0.05, 0) is 42.0 Å². The van der Waals surface area contributed by atoms with Crippen LogP contribution in [0.3, 0.4) is 0 Å². The van der Waals surface area contributed by atoms with E-state index in [1.807, 2.05) is 36.4 Å². The summed E-state index contributed by atoms with van der Waals surface area (Å²) in [4.78, 5) is 16.2. The van der Waals surface area contributed by atoms with Crippen molar-refractivity contribution in [3.8, 4) is 17.1 Å². The smallest absolute Gasteiger partial charge is 0.220 e. The van der Waals surface area contributed by atoms with E-state index in [1.165, 1.54) is 0 Å². The van der Waals surface area contributed by atoms with Crippen LogP contribution in [0.15, 0.2) is 59.1 Å². The molecule has 0 spiro atoms. The number of aryl methyl sites for hydroxylation is 1. The lowest BCUT2D eigenvalue weighted by atomic mass is 10.2. The molecule has 0 bridgehead atoms. The SMILES string of the molecule is COc1ccc(CNC(=O)CCc2ncc(-c3ccc(Cl)cc3)o2)cc1. The van der Waals surface area contributed by atoms with E-state index in [0.29, 0.717) is 36.1 Å². The van der Waals surface area contributed by atoms with Crippen molar-refractivity contribution in [2.24, 2.45) is 0 Å². The van der Waals surface area contributed by atoms with Crippen LogP contribution in [0.2, 0.25) is 5.02 Å². The number of methoxy groups -OCH3 is 1. The number of ether oxygens (including phenoxy) is 1. The molecular weight excluding hydrogens is 352 g/mol. The predicted molar refractivity (Wildman–Crippen MR) is 100 cm³/mol. The van der Waals surface area contributed by atoms with E-state index in [-0.39, 0.29) is 5.91 Å². The monoisotopic (exact) mass is 370 g/mol. The Labute approximate surface area is 157 Å². The van der Waals surface area contributed by atoms with Crippen molar-refractivity contribution in [3.63, 3.8) is 0 Å². The zero-order valence-electron chi connectivity index (χ0n) is 14.4. The van der Waals surface area contributed by atoms with Crippen LogP contribution in [0.25, 0.3) is 11.3 Å². The maximum absolute atomic E-state index is 12.0. The van der Waals surface area contributed by atoms with Crippen molar-refractivity contribution < 1.29 is 13.9 Å². The van der Waals surface area contributed by atoms with Crippen molar-refractivity contribution >= 4 is 17.5 Å². The van der Waals surface area contributed by atoms with Gasteiger partial charge in [-0.25, -0.2) is 4.98 Å². The Morgan fingerprint density at radius 2 is 1.88 bits per heavy atom. The number of halogens is 1. The molecule has 1 heterocycles. The van der Waals surface area contributed by atoms with Crippen LogP contribution >= 0.6 is 11.6 Å². The lowest BCUT2D eigenvalue weighted by Gasteiger charge is -2.05. The van der Waals surface area contributed by atoms with Crippen LogP contribution in [0.1, 0.15) is 17.9 Å². The summed E-state index contributed by atoms with van der Waals surface area (Å²) < 4.78 is 10.8. The van der Waals surface area contributed by atoms with Crippen LogP contribution in [0, 0.1) is 0 Å². The molecule has 0 aliphatic rings. The normalized spacial score (nSPS) is 10.5.